The number of carbonyl (C=O) groups is 1. The molecule has 2 heteroatoms. The molecular formula is C14H31NO. The van der Waals surface area contributed by atoms with Crippen LogP contribution in [0.1, 0.15) is 74.1 Å². The molecule has 0 aromatic heterocycles. The summed E-state index contributed by atoms with van der Waals surface area (Å²) in [7, 11) is 0. The molecule has 0 radical (unpaired) electrons. The first kappa shape index (κ1) is 17.9. The molecule has 1 amide bonds. The topological polar surface area (TPSA) is 43.1 Å². The Balaban J connectivity index is 0. The van der Waals surface area contributed by atoms with Crippen LogP contribution in [0.25, 0.3) is 0 Å². The molecule has 0 aliphatic carbocycles. The second-order valence-corrected chi connectivity index (χ2v) is 6.63. The van der Waals surface area contributed by atoms with Crippen molar-refractivity contribution in [1.29, 1.82) is 0 Å². The molecular weight excluding hydrogens is 198 g/mol. The van der Waals surface area contributed by atoms with Crippen molar-refractivity contribution in [3.63, 3.8) is 0 Å². The molecule has 2 nitrogen and oxygen atoms in total. The molecule has 0 aromatic carbocycles. The van der Waals surface area contributed by atoms with Crippen LogP contribution < -0.4 is 5.73 Å². The van der Waals surface area contributed by atoms with Crippen LogP contribution in [0.15, 0.2) is 0 Å². The zero-order valence-corrected chi connectivity index (χ0v) is 12.3. The normalized spacial score (nSPS) is 11.7. The number of unbranched alkanes of at least 4 members (excludes halogenated alkanes) is 2. The molecule has 0 aliphatic rings. The van der Waals surface area contributed by atoms with Crippen molar-refractivity contribution in [1.82, 2.24) is 0 Å². The van der Waals surface area contributed by atoms with Crippen LogP contribution in [0, 0.1) is 10.8 Å². The first-order valence-corrected chi connectivity index (χ1v) is 6.30. The molecule has 0 aromatic rings. The predicted octanol–water partition coefficient (Wildman–Crippen LogP) is 4.13. The molecule has 0 spiro atoms. The van der Waals surface area contributed by atoms with E-state index in [0.29, 0.717) is 5.41 Å². The fourth-order valence-electron chi connectivity index (χ4n) is 0.905. The van der Waals surface area contributed by atoms with Crippen molar-refractivity contribution in [2.45, 2.75) is 74.1 Å². The first-order chi connectivity index (χ1) is 7.00. The zero-order chi connectivity index (χ0) is 13.4. The van der Waals surface area contributed by atoms with Crippen LogP contribution in [-0.2, 0) is 4.79 Å². The number of primary amides is 1. The molecule has 2 N–H and O–H groups in total. The Labute approximate surface area is 102 Å². The minimum Gasteiger partial charge on any atom is -0.369 e. The van der Waals surface area contributed by atoms with E-state index < -0.39 is 0 Å². The first-order valence-electron chi connectivity index (χ1n) is 6.30. The Hall–Kier alpha value is -0.530. The van der Waals surface area contributed by atoms with Gasteiger partial charge < -0.3 is 5.73 Å². The van der Waals surface area contributed by atoms with Crippen LogP contribution in [0.2, 0.25) is 0 Å². The zero-order valence-electron chi connectivity index (χ0n) is 12.3. The molecule has 0 heterocycles. The van der Waals surface area contributed by atoms with Gasteiger partial charge in [-0.2, -0.15) is 0 Å². The van der Waals surface area contributed by atoms with E-state index in [4.69, 9.17) is 5.73 Å². The summed E-state index contributed by atoms with van der Waals surface area (Å²) >= 11 is 0. The highest BCUT2D eigenvalue weighted by Gasteiger charge is 2.16. The van der Waals surface area contributed by atoms with E-state index in [1.807, 2.05) is 0 Å². The van der Waals surface area contributed by atoms with E-state index in [9.17, 15) is 4.79 Å². The largest absolute Gasteiger partial charge is 0.369 e. The van der Waals surface area contributed by atoms with Gasteiger partial charge in [-0.1, -0.05) is 67.7 Å². The van der Waals surface area contributed by atoms with E-state index >= 15 is 0 Å². The van der Waals surface area contributed by atoms with Crippen molar-refractivity contribution in [3.8, 4) is 0 Å². The Bertz CT molecular complexity index is 184. The summed E-state index contributed by atoms with van der Waals surface area (Å²) in [5.74, 6) is -0.257. The lowest BCUT2D eigenvalue weighted by Gasteiger charge is -2.16. The van der Waals surface area contributed by atoms with Crippen LogP contribution in [0.4, 0.5) is 0 Å². The molecule has 0 saturated heterocycles. The van der Waals surface area contributed by atoms with Crippen molar-refractivity contribution < 1.29 is 4.79 Å². The maximum absolute atomic E-state index is 10.2. The van der Waals surface area contributed by atoms with E-state index in [0.717, 1.165) is 0 Å². The fourth-order valence-corrected chi connectivity index (χ4v) is 0.905. The quantitative estimate of drug-likeness (QED) is 0.726. The average Bonchev–Trinajstić information content (AvgIpc) is 2.01. The fraction of sp³-hybridized carbons (Fsp3) is 0.929. The lowest BCUT2D eigenvalue weighted by molar-refractivity contribution is -0.125. The highest BCUT2D eigenvalue weighted by Crippen LogP contribution is 2.21. The molecule has 0 rings (SSSR count). The van der Waals surface area contributed by atoms with Crippen LogP contribution in [0.5, 0.6) is 0 Å². The Morgan fingerprint density at radius 2 is 1.38 bits per heavy atom. The third kappa shape index (κ3) is 15.9. The van der Waals surface area contributed by atoms with Crippen molar-refractivity contribution in [2.24, 2.45) is 16.6 Å². The number of hydrogen-bond donors (Lipinski definition) is 1. The molecule has 0 unspecified atom stereocenters. The second-order valence-electron chi connectivity index (χ2n) is 6.63. The van der Waals surface area contributed by atoms with Gasteiger partial charge in [-0.3, -0.25) is 4.79 Å². The van der Waals surface area contributed by atoms with E-state index in [2.05, 4.69) is 27.7 Å². The molecule has 16 heavy (non-hydrogen) atoms. The number of nitrogens with two attached hydrogens (primary N) is 1. The third-order valence-electron chi connectivity index (χ3n) is 2.27. The molecule has 0 atom stereocenters. The highest BCUT2D eigenvalue weighted by molar-refractivity contribution is 5.79. The molecule has 98 valence electrons. The smallest absolute Gasteiger partial charge is 0.222 e. The number of carbonyl (C=O) groups excluding carboxylic acids is 1. The van der Waals surface area contributed by atoms with Crippen molar-refractivity contribution in [2.75, 3.05) is 0 Å². The van der Waals surface area contributed by atoms with E-state index in [-0.39, 0.29) is 11.3 Å². The summed E-state index contributed by atoms with van der Waals surface area (Å²) < 4.78 is 0. The van der Waals surface area contributed by atoms with Gasteiger partial charge in [0.15, 0.2) is 0 Å². The summed E-state index contributed by atoms with van der Waals surface area (Å²) in [5, 5.41) is 0. The average molecular weight is 229 g/mol. The Morgan fingerprint density at radius 1 is 1.00 bits per heavy atom. The molecule has 0 bridgehead atoms. The van der Waals surface area contributed by atoms with Gasteiger partial charge in [0.1, 0.15) is 0 Å². The van der Waals surface area contributed by atoms with Gasteiger partial charge in [0.05, 0.1) is 0 Å². The second kappa shape index (κ2) is 7.70. The van der Waals surface area contributed by atoms with Crippen molar-refractivity contribution in [3.05, 3.63) is 0 Å². The molecule has 0 saturated carbocycles. The SMILES string of the molecule is CC(C)(C)C(N)=O.CCCCCC(C)(C)C. The number of amides is 1. The predicted molar refractivity (Wildman–Crippen MR) is 72.2 cm³/mol. The number of rotatable bonds is 3. The Kier molecular flexibility index (Phi) is 8.59. The van der Waals surface area contributed by atoms with Gasteiger partial charge in [0.25, 0.3) is 0 Å². The standard InChI is InChI=1S/C9H20.C5H11NO/c1-5-6-7-8-9(2,3)4;1-5(2,3)4(6)7/h5-8H2,1-4H3;1-3H3,(H2,6,7). The monoisotopic (exact) mass is 229 g/mol. The number of hydrogen-bond acceptors (Lipinski definition) is 1. The summed E-state index contributed by atoms with van der Waals surface area (Å²) in [6.07, 6.45) is 5.52. The van der Waals surface area contributed by atoms with E-state index in [1.165, 1.54) is 25.7 Å². The summed E-state index contributed by atoms with van der Waals surface area (Å²) in [6.45, 7) is 14.5. The lowest BCUT2D eigenvalue weighted by atomic mass is 9.90. The minimum absolute atomic E-state index is 0.257. The van der Waals surface area contributed by atoms with Crippen LogP contribution >= 0.6 is 0 Å². The maximum atomic E-state index is 10.2. The molecule has 0 fully saturated rings. The Morgan fingerprint density at radius 3 is 1.56 bits per heavy atom. The summed E-state index contributed by atoms with van der Waals surface area (Å²) in [4.78, 5) is 10.2. The summed E-state index contributed by atoms with van der Waals surface area (Å²) in [6, 6.07) is 0. The van der Waals surface area contributed by atoms with Gasteiger partial charge in [-0.15, -0.1) is 0 Å². The summed E-state index contributed by atoms with van der Waals surface area (Å²) in [5.41, 5.74) is 5.12. The highest BCUT2D eigenvalue weighted by atomic mass is 16.1. The van der Waals surface area contributed by atoms with Gasteiger partial charge >= 0.3 is 0 Å². The van der Waals surface area contributed by atoms with Crippen LogP contribution in [0.3, 0.4) is 0 Å². The minimum atomic E-state index is -0.361. The third-order valence-corrected chi connectivity index (χ3v) is 2.27. The lowest BCUT2D eigenvalue weighted by Crippen LogP contribution is -2.27. The van der Waals surface area contributed by atoms with Gasteiger partial charge in [0.2, 0.25) is 5.91 Å². The van der Waals surface area contributed by atoms with Gasteiger partial charge in [-0.25, -0.2) is 0 Å². The maximum Gasteiger partial charge on any atom is 0.222 e. The molecule has 0 aliphatic heterocycles. The van der Waals surface area contributed by atoms with Crippen LogP contribution in [-0.4, -0.2) is 5.91 Å². The van der Waals surface area contributed by atoms with Crippen molar-refractivity contribution >= 4 is 5.91 Å². The van der Waals surface area contributed by atoms with E-state index in [1.54, 1.807) is 20.8 Å². The van der Waals surface area contributed by atoms with Gasteiger partial charge in [0, 0.05) is 5.41 Å². The van der Waals surface area contributed by atoms with Gasteiger partial charge in [-0.05, 0) is 11.8 Å².